The predicted molar refractivity (Wildman–Crippen MR) is 200 cm³/mol. The lowest BCUT2D eigenvalue weighted by Crippen LogP contribution is -1.91. The average molecular weight is 613 g/mol. The van der Waals surface area contributed by atoms with Crippen molar-refractivity contribution in [2.45, 2.75) is 0 Å². The summed E-state index contributed by atoms with van der Waals surface area (Å²) in [5, 5.41) is 1.67. The second-order valence-corrected chi connectivity index (χ2v) is 11.2. The van der Waals surface area contributed by atoms with Crippen LogP contribution in [0.2, 0.25) is 0 Å². The first-order valence-corrected chi connectivity index (χ1v) is 14.9. The smallest absolute Gasteiger partial charge is 0.136 e. The van der Waals surface area contributed by atoms with Crippen LogP contribution in [0.4, 0.5) is 0 Å². The molecule has 0 N–H and O–H groups in total. The van der Waals surface area contributed by atoms with Gasteiger partial charge in [0, 0.05) is 10.8 Å². The third-order valence-electron chi connectivity index (χ3n) is 8.57. The van der Waals surface area contributed by atoms with Gasteiger partial charge in [-0.1, -0.05) is 139 Å². The summed E-state index contributed by atoms with van der Waals surface area (Å²) in [4.78, 5) is 0. The van der Waals surface area contributed by atoms with Crippen molar-refractivity contribution in [3.8, 4) is 33.4 Å². The van der Waals surface area contributed by atoms with E-state index in [2.05, 4.69) is 0 Å². The van der Waals surface area contributed by atoms with E-state index in [4.69, 9.17) is 22.2 Å². The molecule has 0 aliphatic rings. The summed E-state index contributed by atoms with van der Waals surface area (Å²) in [5.74, 6) is 0. The van der Waals surface area contributed by atoms with Crippen molar-refractivity contribution in [2.75, 3.05) is 0 Å². The van der Waals surface area contributed by atoms with Crippen LogP contribution in [0.3, 0.4) is 0 Å². The summed E-state index contributed by atoms with van der Waals surface area (Å²) < 4.78 is 147. The van der Waals surface area contributed by atoms with Crippen LogP contribution in [-0.4, -0.2) is 0 Å². The third kappa shape index (κ3) is 4.03. The van der Waals surface area contributed by atoms with E-state index in [0.717, 1.165) is 0 Å². The lowest BCUT2D eigenvalue weighted by atomic mass is 9.84. The highest BCUT2D eigenvalue weighted by Gasteiger charge is 2.20. The van der Waals surface area contributed by atoms with Crippen molar-refractivity contribution in [3.63, 3.8) is 0 Å². The van der Waals surface area contributed by atoms with Gasteiger partial charge in [-0.2, -0.15) is 0 Å². The lowest BCUT2D eigenvalue weighted by Gasteiger charge is -2.18. The number of hydrogen-bond acceptors (Lipinski definition) is 1. The second kappa shape index (κ2) is 10.2. The van der Waals surface area contributed by atoms with Gasteiger partial charge >= 0.3 is 0 Å². The Hall–Kier alpha value is -6.18. The second-order valence-electron chi connectivity index (χ2n) is 11.2. The topological polar surface area (TPSA) is 13.1 Å². The third-order valence-corrected chi connectivity index (χ3v) is 8.57. The number of hydrogen-bond donors (Lipinski definition) is 0. The van der Waals surface area contributed by atoms with E-state index in [1.807, 2.05) is 42.5 Å². The van der Waals surface area contributed by atoms with Crippen LogP contribution in [0.5, 0.6) is 0 Å². The Morgan fingerprint density at radius 1 is 0.404 bits per heavy atom. The molecule has 1 heteroatoms. The minimum absolute atomic E-state index is 0.00786. The average Bonchev–Trinajstić information content (AvgIpc) is 3.69. The van der Waals surface area contributed by atoms with E-state index < -0.39 is 72.5 Å². The SMILES string of the molecule is [2H]c1c([2H])c(-c2c3ccccc3c(-c3cccc(-c4c([2H])c([2H])c5c([2H])c([2H])c([2H])c([2H])c5c4[2H])c3)c3ccccc23)c2c(oc3c([2H])c4c([2H])c([2H])c([2H])c([2H])c4c([2H])c32)c1[2H]. The van der Waals surface area contributed by atoms with Gasteiger partial charge in [-0.25, -0.2) is 0 Å². The van der Waals surface area contributed by atoms with Crippen LogP contribution in [0.15, 0.2) is 174 Å². The summed E-state index contributed by atoms with van der Waals surface area (Å²) in [6, 6.07) is 14.0. The maximum Gasteiger partial charge on any atom is 0.136 e. The minimum Gasteiger partial charge on any atom is -0.456 e. The summed E-state index contributed by atoms with van der Waals surface area (Å²) in [6.07, 6.45) is 0. The summed E-state index contributed by atoms with van der Waals surface area (Å²) >= 11 is 0. The molecule has 0 radical (unpaired) electrons. The van der Waals surface area contributed by atoms with Gasteiger partial charge in [0.25, 0.3) is 0 Å². The highest BCUT2D eigenvalue weighted by molar-refractivity contribution is 6.26. The maximum absolute atomic E-state index is 9.48. The Balaban J connectivity index is 1.32. The summed E-state index contributed by atoms with van der Waals surface area (Å²) in [5.41, 5.74) is 1.82. The number of benzene rings is 9. The van der Waals surface area contributed by atoms with Crippen LogP contribution in [-0.2, 0) is 0 Å². The molecular weight excluding hydrogens is 569 g/mol. The molecule has 0 bridgehead atoms. The Labute approximate surface area is 294 Å². The van der Waals surface area contributed by atoms with E-state index in [-0.39, 0.29) is 78.8 Å². The Kier molecular flexibility index (Phi) is 3.23. The molecule has 9 aromatic carbocycles. The molecule has 47 heavy (non-hydrogen) atoms. The van der Waals surface area contributed by atoms with Crippen molar-refractivity contribution >= 4 is 65.0 Å². The Bertz CT molecular complexity index is 3700. The molecule has 10 rings (SSSR count). The Morgan fingerprint density at radius 3 is 1.74 bits per heavy atom. The number of fused-ring (bicyclic) bond motifs is 7. The van der Waals surface area contributed by atoms with Crippen LogP contribution in [0, 0.1) is 0 Å². The molecule has 1 aromatic heterocycles. The first kappa shape index (κ1) is 14.9. The zero-order chi connectivity index (χ0) is 44.8. The van der Waals surface area contributed by atoms with Gasteiger partial charge < -0.3 is 4.42 Å². The van der Waals surface area contributed by atoms with Gasteiger partial charge in [-0.3, -0.25) is 0 Å². The fourth-order valence-corrected chi connectivity index (χ4v) is 6.57. The molecule has 0 amide bonds. The first-order chi connectivity index (χ1) is 30.0. The molecule has 1 heterocycles. The van der Waals surface area contributed by atoms with Crippen LogP contribution < -0.4 is 0 Å². The molecule has 10 aromatic rings. The summed E-state index contributed by atoms with van der Waals surface area (Å²) in [6.45, 7) is 0. The van der Waals surface area contributed by atoms with Crippen LogP contribution >= 0.6 is 0 Å². The van der Waals surface area contributed by atoms with Gasteiger partial charge in [0.05, 0.1) is 21.9 Å². The monoisotopic (exact) mass is 612 g/mol. The standard InChI is InChI=1S/C46H28O/c1-2-12-30-25-34(24-23-29(30)11-1)31-15-9-16-35(26-31)44-36-17-5-7-19-38(36)45(39-20-8-6-18-37(39)44)40-21-10-22-42-46(40)41-27-32-13-3-4-14-33(32)28-43(41)47-42/h1-28H/i1D,2D,3D,4D,10D,11D,12D,13D,14D,21D,22D,23D,24D,25D,27D,28D. The van der Waals surface area contributed by atoms with E-state index in [1.165, 1.54) is 0 Å². The van der Waals surface area contributed by atoms with E-state index in [9.17, 15) is 4.11 Å². The molecule has 0 unspecified atom stereocenters. The van der Waals surface area contributed by atoms with E-state index in [0.29, 0.717) is 43.8 Å². The van der Waals surface area contributed by atoms with Crippen molar-refractivity contribution in [1.82, 2.24) is 0 Å². The van der Waals surface area contributed by atoms with Gasteiger partial charge in [-0.15, -0.1) is 0 Å². The summed E-state index contributed by atoms with van der Waals surface area (Å²) in [7, 11) is 0. The molecular formula is C46H28O. The fourth-order valence-electron chi connectivity index (χ4n) is 6.57. The molecule has 218 valence electrons. The minimum atomic E-state index is -0.591. The highest BCUT2D eigenvalue weighted by atomic mass is 16.3. The van der Waals surface area contributed by atoms with E-state index >= 15 is 0 Å². The normalized spacial score (nSPS) is 16.6. The molecule has 0 aliphatic carbocycles. The first-order valence-electron chi connectivity index (χ1n) is 22.9. The van der Waals surface area contributed by atoms with Gasteiger partial charge in [0.15, 0.2) is 0 Å². The molecule has 1 nitrogen and oxygen atoms in total. The molecule has 0 fully saturated rings. The molecule has 0 atom stereocenters. The molecule has 0 saturated carbocycles. The fraction of sp³-hybridized carbons (Fsp3) is 0. The van der Waals surface area contributed by atoms with Crippen LogP contribution in [0.25, 0.3) is 98.4 Å². The molecule has 0 saturated heterocycles. The van der Waals surface area contributed by atoms with Gasteiger partial charge in [0.1, 0.15) is 11.2 Å². The molecule has 0 spiro atoms. The number of rotatable bonds is 3. The zero-order valence-corrected chi connectivity index (χ0v) is 24.3. The quantitative estimate of drug-likeness (QED) is 0.181. The predicted octanol–water partition coefficient (Wildman–Crippen LogP) is 13.2. The molecule has 0 aliphatic heterocycles. The van der Waals surface area contributed by atoms with Crippen molar-refractivity contribution in [3.05, 3.63) is 169 Å². The maximum atomic E-state index is 9.48. The van der Waals surface area contributed by atoms with Crippen molar-refractivity contribution in [2.24, 2.45) is 0 Å². The lowest BCUT2D eigenvalue weighted by molar-refractivity contribution is 0.669. The van der Waals surface area contributed by atoms with E-state index in [1.54, 1.807) is 30.3 Å². The van der Waals surface area contributed by atoms with Crippen molar-refractivity contribution < 1.29 is 26.3 Å². The van der Waals surface area contributed by atoms with Crippen molar-refractivity contribution in [1.29, 1.82) is 0 Å². The zero-order valence-electron chi connectivity index (χ0n) is 40.3. The van der Waals surface area contributed by atoms with Gasteiger partial charge in [0.2, 0.25) is 0 Å². The Morgan fingerprint density at radius 2 is 1.02 bits per heavy atom. The van der Waals surface area contributed by atoms with Gasteiger partial charge in [-0.05, 0) is 107 Å². The van der Waals surface area contributed by atoms with Crippen LogP contribution in [0.1, 0.15) is 21.9 Å². The highest BCUT2D eigenvalue weighted by Crippen LogP contribution is 2.47. The number of furan rings is 1. The largest absolute Gasteiger partial charge is 0.456 e.